The summed E-state index contributed by atoms with van der Waals surface area (Å²) in [6.07, 6.45) is 10.6. The fraction of sp³-hybridized carbons (Fsp3) is 0.529. The molecule has 1 fully saturated rings. The predicted molar refractivity (Wildman–Crippen MR) is 77.5 cm³/mol. The highest BCUT2D eigenvalue weighted by Crippen LogP contribution is 2.32. The lowest BCUT2D eigenvalue weighted by Crippen LogP contribution is -2.40. The van der Waals surface area contributed by atoms with E-state index in [0.29, 0.717) is 6.04 Å². The van der Waals surface area contributed by atoms with Crippen LogP contribution >= 0.6 is 0 Å². The molecule has 0 saturated carbocycles. The van der Waals surface area contributed by atoms with E-state index in [9.17, 15) is 0 Å². The zero-order valence-electron chi connectivity index (χ0n) is 11.1. The lowest BCUT2D eigenvalue weighted by molar-refractivity contribution is 0.185. The van der Waals surface area contributed by atoms with Gasteiger partial charge in [-0.1, -0.05) is 42.8 Å². The Bertz CT molecular complexity index is 401. The van der Waals surface area contributed by atoms with E-state index in [2.05, 4.69) is 41.3 Å². The average Bonchev–Trinajstić information content (AvgIpc) is 2.49. The SMILES string of the molecule is C1=C(c2ccccc2)C(N2CCCCC2)CCC1. The Labute approximate surface area is 111 Å². The van der Waals surface area contributed by atoms with Crippen molar-refractivity contribution in [1.29, 1.82) is 0 Å². The molecule has 1 unspecified atom stereocenters. The third kappa shape index (κ3) is 2.51. The monoisotopic (exact) mass is 241 g/mol. The van der Waals surface area contributed by atoms with Gasteiger partial charge in [-0.15, -0.1) is 0 Å². The summed E-state index contributed by atoms with van der Waals surface area (Å²) in [5, 5.41) is 0. The third-order valence-electron chi connectivity index (χ3n) is 4.34. The molecule has 3 rings (SSSR count). The molecule has 1 saturated heterocycles. The maximum Gasteiger partial charge on any atom is 0.0350 e. The molecule has 1 heterocycles. The molecule has 0 bridgehead atoms. The second-order valence-corrected chi connectivity index (χ2v) is 5.57. The van der Waals surface area contributed by atoms with Gasteiger partial charge in [0.2, 0.25) is 0 Å². The second-order valence-electron chi connectivity index (χ2n) is 5.57. The number of allylic oxidation sites excluding steroid dienone is 1. The summed E-state index contributed by atoms with van der Waals surface area (Å²) in [6.45, 7) is 2.60. The molecule has 0 aromatic heterocycles. The van der Waals surface area contributed by atoms with Crippen molar-refractivity contribution in [1.82, 2.24) is 4.90 Å². The molecule has 1 heteroatoms. The molecule has 1 aromatic carbocycles. The minimum Gasteiger partial charge on any atom is -0.296 e. The van der Waals surface area contributed by atoms with Gasteiger partial charge in [-0.3, -0.25) is 4.90 Å². The van der Waals surface area contributed by atoms with Crippen molar-refractivity contribution in [2.75, 3.05) is 13.1 Å². The van der Waals surface area contributed by atoms with Gasteiger partial charge in [0.1, 0.15) is 0 Å². The van der Waals surface area contributed by atoms with Crippen molar-refractivity contribution in [3.63, 3.8) is 0 Å². The van der Waals surface area contributed by atoms with Gasteiger partial charge in [-0.25, -0.2) is 0 Å². The maximum atomic E-state index is 2.72. The highest BCUT2D eigenvalue weighted by molar-refractivity contribution is 5.70. The molecule has 2 aliphatic rings. The summed E-state index contributed by atoms with van der Waals surface area (Å²) in [6, 6.07) is 11.7. The number of rotatable bonds is 2. The van der Waals surface area contributed by atoms with E-state index in [4.69, 9.17) is 0 Å². The van der Waals surface area contributed by atoms with Gasteiger partial charge in [0.05, 0.1) is 0 Å². The fourth-order valence-corrected chi connectivity index (χ4v) is 3.41. The van der Waals surface area contributed by atoms with E-state index in [0.717, 1.165) is 0 Å². The fourth-order valence-electron chi connectivity index (χ4n) is 3.41. The summed E-state index contributed by atoms with van der Waals surface area (Å²) in [7, 11) is 0. The smallest absolute Gasteiger partial charge is 0.0350 e. The van der Waals surface area contributed by atoms with E-state index in [1.54, 1.807) is 5.57 Å². The molecular formula is C17H23N. The zero-order chi connectivity index (χ0) is 12.2. The predicted octanol–water partition coefficient (Wildman–Crippen LogP) is 4.11. The highest BCUT2D eigenvalue weighted by atomic mass is 15.2. The minimum absolute atomic E-state index is 0.682. The summed E-state index contributed by atoms with van der Waals surface area (Å²) in [5.74, 6) is 0. The number of hydrogen-bond donors (Lipinski definition) is 0. The van der Waals surface area contributed by atoms with Crippen LogP contribution in [0.5, 0.6) is 0 Å². The van der Waals surface area contributed by atoms with Crippen LogP contribution in [0, 0.1) is 0 Å². The molecule has 1 aromatic rings. The Hall–Kier alpha value is -1.08. The van der Waals surface area contributed by atoms with Gasteiger partial charge in [-0.05, 0) is 56.3 Å². The number of likely N-dealkylation sites (tertiary alicyclic amines) is 1. The van der Waals surface area contributed by atoms with Gasteiger partial charge in [0.15, 0.2) is 0 Å². The molecule has 18 heavy (non-hydrogen) atoms. The third-order valence-corrected chi connectivity index (χ3v) is 4.34. The Morgan fingerprint density at radius 3 is 2.44 bits per heavy atom. The molecule has 0 spiro atoms. The van der Waals surface area contributed by atoms with Crippen LogP contribution < -0.4 is 0 Å². The van der Waals surface area contributed by atoms with Crippen molar-refractivity contribution in [3.05, 3.63) is 42.0 Å². The number of benzene rings is 1. The Balaban J connectivity index is 1.83. The first-order valence-corrected chi connectivity index (χ1v) is 7.45. The van der Waals surface area contributed by atoms with Crippen molar-refractivity contribution >= 4 is 5.57 Å². The highest BCUT2D eigenvalue weighted by Gasteiger charge is 2.26. The molecule has 1 aliphatic heterocycles. The quantitative estimate of drug-likeness (QED) is 0.753. The molecule has 1 atom stereocenters. The lowest BCUT2D eigenvalue weighted by Gasteiger charge is -2.38. The van der Waals surface area contributed by atoms with Crippen LogP contribution in [0.2, 0.25) is 0 Å². The van der Waals surface area contributed by atoms with Crippen molar-refractivity contribution in [2.24, 2.45) is 0 Å². The molecule has 0 N–H and O–H groups in total. The van der Waals surface area contributed by atoms with Crippen LogP contribution in [-0.4, -0.2) is 24.0 Å². The zero-order valence-corrected chi connectivity index (χ0v) is 11.1. The Morgan fingerprint density at radius 2 is 1.67 bits per heavy atom. The van der Waals surface area contributed by atoms with Crippen LogP contribution in [-0.2, 0) is 0 Å². The first-order chi connectivity index (χ1) is 8.95. The van der Waals surface area contributed by atoms with Gasteiger partial charge >= 0.3 is 0 Å². The van der Waals surface area contributed by atoms with Crippen LogP contribution in [0.25, 0.3) is 5.57 Å². The van der Waals surface area contributed by atoms with Crippen LogP contribution in [0.4, 0.5) is 0 Å². The first kappa shape index (κ1) is 12.0. The summed E-state index contributed by atoms with van der Waals surface area (Å²) in [4.78, 5) is 2.72. The van der Waals surface area contributed by atoms with Crippen LogP contribution in [0.15, 0.2) is 36.4 Å². The largest absolute Gasteiger partial charge is 0.296 e. The van der Waals surface area contributed by atoms with Gasteiger partial charge in [0, 0.05) is 6.04 Å². The summed E-state index contributed by atoms with van der Waals surface area (Å²) >= 11 is 0. The minimum atomic E-state index is 0.682. The Morgan fingerprint density at radius 1 is 0.889 bits per heavy atom. The first-order valence-electron chi connectivity index (χ1n) is 7.45. The number of piperidine rings is 1. The van der Waals surface area contributed by atoms with E-state index in [1.807, 2.05) is 0 Å². The van der Waals surface area contributed by atoms with E-state index in [1.165, 1.54) is 57.2 Å². The molecule has 1 aliphatic carbocycles. The molecule has 0 radical (unpaired) electrons. The van der Waals surface area contributed by atoms with Crippen LogP contribution in [0.3, 0.4) is 0 Å². The topological polar surface area (TPSA) is 3.24 Å². The molecular weight excluding hydrogens is 218 g/mol. The maximum absolute atomic E-state index is 2.72. The van der Waals surface area contributed by atoms with Gasteiger partial charge in [-0.2, -0.15) is 0 Å². The second kappa shape index (κ2) is 5.71. The number of hydrogen-bond acceptors (Lipinski definition) is 1. The lowest BCUT2D eigenvalue weighted by atomic mass is 9.87. The van der Waals surface area contributed by atoms with Crippen molar-refractivity contribution in [2.45, 2.75) is 44.6 Å². The molecule has 96 valence electrons. The van der Waals surface area contributed by atoms with E-state index in [-0.39, 0.29) is 0 Å². The van der Waals surface area contributed by atoms with E-state index >= 15 is 0 Å². The average molecular weight is 241 g/mol. The Kier molecular flexibility index (Phi) is 3.80. The number of nitrogens with zero attached hydrogens (tertiary/aromatic N) is 1. The van der Waals surface area contributed by atoms with Crippen molar-refractivity contribution < 1.29 is 0 Å². The summed E-state index contributed by atoms with van der Waals surface area (Å²) < 4.78 is 0. The van der Waals surface area contributed by atoms with E-state index < -0.39 is 0 Å². The summed E-state index contributed by atoms with van der Waals surface area (Å²) in [5.41, 5.74) is 3.02. The van der Waals surface area contributed by atoms with Crippen LogP contribution in [0.1, 0.15) is 44.1 Å². The van der Waals surface area contributed by atoms with Gasteiger partial charge in [0.25, 0.3) is 0 Å². The standard InChI is InChI=1S/C17H23N/c1-3-9-15(10-4-1)16-11-5-6-12-17(16)18-13-7-2-8-14-18/h1,3-4,9-11,17H,2,5-8,12-14H2. The normalized spacial score (nSPS) is 25.8. The van der Waals surface area contributed by atoms with Gasteiger partial charge < -0.3 is 0 Å². The molecule has 0 amide bonds. The van der Waals surface area contributed by atoms with Crippen molar-refractivity contribution in [3.8, 4) is 0 Å². The molecule has 1 nitrogen and oxygen atoms in total.